The molecule has 15 heteroatoms. The van der Waals surface area contributed by atoms with Gasteiger partial charge in [0.15, 0.2) is 17.3 Å². The number of nitrogens with zero attached hydrogens (tertiary/aromatic N) is 8. The number of nitrogens with two attached hydrogens (primary N) is 1. The van der Waals surface area contributed by atoms with Gasteiger partial charge in [-0.25, -0.2) is 24.7 Å². The molecule has 2 saturated heterocycles. The van der Waals surface area contributed by atoms with Gasteiger partial charge in [-0.15, -0.1) is 22.7 Å². The van der Waals surface area contributed by atoms with Crippen LogP contribution in [-0.4, -0.2) is 84.0 Å². The summed E-state index contributed by atoms with van der Waals surface area (Å²) >= 11 is 2.83. The SMILES string of the molecule is N[C@H]1CCN(c2nccn3cccc23)C1.O=C(N[C@H]1CCN(c2nccn3cccc23)C1)c1csc(-c2ccccc2)n1.O=C(O)c1csc(-c2ccccc2)n1. The first-order valence-corrected chi connectivity index (χ1v) is 20.3. The second-order valence-electron chi connectivity index (χ2n) is 13.6. The molecule has 0 bridgehead atoms. The quantitative estimate of drug-likeness (QED) is 0.156. The number of carboxylic acids is 1. The number of fused-ring (bicyclic) bond motifs is 2. The predicted octanol–water partition coefficient (Wildman–Crippen LogP) is 6.85. The van der Waals surface area contributed by atoms with Crippen molar-refractivity contribution in [2.75, 3.05) is 36.0 Å². The number of carboxylic acid groups (broad SMARTS) is 1. The van der Waals surface area contributed by atoms with E-state index in [9.17, 15) is 9.59 Å². The Bertz CT molecular complexity index is 2590. The summed E-state index contributed by atoms with van der Waals surface area (Å²) in [6.45, 7) is 3.55. The van der Waals surface area contributed by atoms with E-state index in [-0.39, 0.29) is 17.6 Å². The van der Waals surface area contributed by atoms with Crippen LogP contribution in [0.5, 0.6) is 0 Å². The highest BCUT2D eigenvalue weighted by Gasteiger charge is 2.27. The van der Waals surface area contributed by atoms with Gasteiger partial charge < -0.3 is 34.8 Å². The summed E-state index contributed by atoms with van der Waals surface area (Å²) < 4.78 is 4.15. The molecule has 57 heavy (non-hydrogen) atoms. The molecule has 4 N–H and O–H groups in total. The Morgan fingerprint density at radius 2 is 1.19 bits per heavy atom. The molecule has 288 valence electrons. The lowest BCUT2D eigenvalue weighted by molar-refractivity contribution is 0.0691. The molecule has 8 heterocycles. The Balaban J connectivity index is 0.000000132. The molecule has 2 aliphatic rings. The molecule has 2 atom stereocenters. The Labute approximate surface area is 336 Å². The van der Waals surface area contributed by atoms with E-state index < -0.39 is 5.97 Å². The Hall–Kier alpha value is -6.42. The van der Waals surface area contributed by atoms with Crippen molar-refractivity contribution in [3.63, 3.8) is 0 Å². The van der Waals surface area contributed by atoms with Crippen molar-refractivity contribution in [3.05, 3.63) is 144 Å². The van der Waals surface area contributed by atoms with Crippen molar-refractivity contribution in [1.29, 1.82) is 0 Å². The number of benzene rings is 2. The number of hydrogen-bond acceptors (Lipinski definition) is 11. The molecule has 0 aliphatic carbocycles. The van der Waals surface area contributed by atoms with E-state index in [1.54, 1.807) is 5.38 Å². The van der Waals surface area contributed by atoms with Crippen LogP contribution in [0.4, 0.5) is 11.6 Å². The highest BCUT2D eigenvalue weighted by Crippen LogP contribution is 2.27. The summed E-state index contributed by atoms with van der Waals surface area (Å²) in [5.41, 5.74) is 10.7. The first kappa shape index (κ1) is 37.5. The van der Waals surface area contributed by atoms with Gasteiger partial charge in [0.1, 0.15) is 15.7 Å². The first-order chi connectivity index (χ1) is 27.9. The van der Waals surface area contributed by atoms with Crippen molar-refractivity contribution >= 4 is 57.2 Å². The second-order valence-corrected chi connectivity index (χ2v) is 15.3. The molecule has 13 nitrogen and oxygen atoms in total. The van der Waals surface area contributed by atoms with Crippen molar-refractivity contribution in [2.24, 2.45) is 5.73 Å². The summed E-state index contributed by atoms with van der Waals surface area (Å²) in [6.07, 6.45) is 13.6. The van der Waals surface area contributed by atoms with Crippen LogP contribution in [0.3, 0.4) is 0 Å². The lowest BCUT2D eigenvalue weighted by Crippen LogP contribution is -2.37. The zero-order valence-corrected chi connectivity index (χ0v) is 32.5. The van der Waals surface area contributed by atoms with E-state index in [4.69, 9.17) is 10.8 Å². The number of aromatic nitrogens is 6. The van der Waals surface area contributed by atoms with Gasteiger partial charge in [0.2, 0.25) is 0 Å². The van der Waals surface area contributed by atoms with Crippen LogP contribution in [0.2, 0.25) is 0 Å². The number of carbonyl (C=O) groups is 2. The number of anilines is 2. The second kappa shape index (κ2) is 17.2. The number of thiazole rings is 2. The maximum atomic E-state index is 12.7. The summed E-state index contributed by atoms with van der Waals surface area (Å²) in [5.74, 6) is 0.919. The monoisotopic (exact) mass is 796 g/mol. The smallest absolute Gasteiger partial charge is 0.355 e. The third kappa shape index (κ3) is 8.70. The number of nitrogens with one attached hydrogen (secondary N) is 1. The maximum absolute atomic E-state index is 12.7. The summed E-state index contributed by atoms with van der Waals surface area (Å²) in [5, 5.41) is 16.8. The third-order valence-electron chi connectivity index (χ3n) is 9.71. The lowest BCUT2D eigenvalue weighted by Gasteiger charge is -2.18. The van der Waals surface area contributed by atoms with E-state index in [1.807, 2.05) is 115 Å². The summed E-state index contributed by atoms with van der Waals surface area (Å²) in [7, 11) is 0. The number of amides is 1. The molecule has 2 aromatic carbocycles. The largest absolute Gasteiger partial charge is 0.476 e. The van der Waals surface area contributed by atoms with Crippen LogP contribution in [-0.2, 0) is 0 Å². The lowest BCUT2D eigenvalue weighted by atomic mass is 10.2. The predicted molar refractivity (Wildman–Crippen MR) is 225 cm³/mol. The van der Waals surface area contributed by atoms with Crippen molar-refractivity contribution in [2.45, 2.75) is 24.9 Å². The van der Waals surface area contributed by atoms with Gasteiger partial charge in [0, 0.05) is 97.3 Å². The fourth-order valence-electron chi connectivity index (χ4n) is 6.88. The number of carbonyl (C=O) groups excluding carboxylic acids is 1. The molecule has 0 radical (unpaired) electrons. The summed E-state index contributed by atoms with van der Waals surface area (Å²) in [4.78, 5) is 45.2. The molecule has 10 rings (SSSR count). The minimum absolute atomic E-state index is 0.0893. The van der Waals surface area contributed by atoms with Gasteiger partial charge in [-0.05, 0) is 37.1 Å². The maximum Gasteiger partial charge on any atom is 0.355 e. The first-order valence-electron chi connectivity index (χ1n) is 18.5. The summed E-state index contributed by atoms with van der Waals surface area (Å²) in [6, 6.07) is 28.0. The Morgan fingerprint density at radius 3 is 1.72 bits per heavy atom. The van der Waals surface area contributed by atoms with Crippen molar-refractivity contribution < 1.29 is 14.7 Å². The van der Waals surface area contributed by atoms with Gasteiger partial charge in [-0.3, -0.25) is 4.79 Å². The van der Waals surface area contributed by atoms with Crippen LogP contribution >= 0.6 is 22.7 Å². The molecular weight excluding hydrogens is 757 g/mol. The standard InChI is InChI=1S/C21H19N5OS.C11H14N4.C10H7NO2S/c27-20(17-14-28-21(24-17)15-5-2-1-3-6-15)23-16-8-11-26(13-16)19-18-7-4-10-25(18)12-9-22-19;12-9-3-6-15(8-9)11-10-2-1-5-14(10)7-4-13-11;12-10(13)8-6-14-9(11-8)7-4-2-1-3-5-7/h1-7,9-10,12,14,16H,8,11,13H2,(H,23,27);1-2,4-5,7,9H,3,6,8,12H2;1-6H,(H,12,13)/t16-;9-;/m00./s1. The molecule has 2 aliphatic heterocycles. The van der Waals surface area contributed by atoms with Crippen molar-refractivity contribution in [3.8, 4) is 21.1 Å². The molecule has 6 aromatic heterocycles. The van der Waals surface area contributed by atoms with Crippen molar-refractivity contribution in [1.82, 2.24) is 34.1 Å². The van der Waals surface area contributed by atoms with E-state index in [0.29, 0.717) is 11.7 Å². The Morgan fingerprint density at radius 1 is 0.667 bits per heavy atom. The van der Waals surface area contributed by atoms with Crippen LogP contribution in [0.15, 0.2) is 133 Å². The van der Waals surface area contributed by atoms with E-state index in [0.717, 1.165) is 82.8 Å². The van der Waals surface area contributed by atoms with Gasteiger partial charge in [-0.1, -0.05) is 60.7 Å². The van der Waals surface area contributed by atoms with Gasteiger partial charge in [0.05, 0.1) is 11.0 Å². The molecule has 1 amide bonds. The molecular formula is C42H40N10O3S2. The number of rotatable bonds is 7. The zero-order chi connectivity index (χ0) is 39.1. The zero-order valence-electron chi connectivity index (χ0n) is 30.8. The molecule has 0 unspecified atom stereocenters. The van der Waals surface area contributed by atoms with Crippen LogP contribution < -0.4 is 20.9 Å². The number of aromatic carboxylic acids is 1. The average molecular weight is 797 g/mol. The van der Waals surface area contributed by atoms with E-state index in [2.05, 4.69) is 56.0 Å². The highest BCUT2D eigenvalue weighted by molar-refractivity contribution is 7.13. The van der Waals surface area contributed by atoms with Gasteiger partial charge >= 0.3 is 5.97 Å². The Kier molecular flexibility index (Phi) is 11.3. The fraction of sp³-hybridized carbons (Fsp3) is 0.190. The van der Waals surface area contributed by atoms with E-state index >= 15 is 0 Å². The minimum atomic E-state index is -0.983. The molecule has 8 aromatic rings. The number of hydrogen-bond donors (Lipinski definition) is 3. The van der Waals surface area contributed by atoms with Crippen LogP contribution in [0.25, 0.3) is 32.2 Å². The third-order valence-corrected chi connectivity index (χ3v) is 11.5. The van der Waals surface area contributed by atoms with Gasteiger partial charge in [0.25, 0.3) is 5.91 Å². The molecule has 0 spiro atoms. The highest BCUT2D eigenvalue weighted by atomic mass is 32.1. The average Bonchev–Trinajstić information content (AvgIpc) is 4.10. The molecule has 2 fully saturated rings. The topological polar surface area (TPSA) is 159 Å². The van der Waals surface area contributed by atoms with Crippen LogP contribution in [0, 0.1) is 0 Å². The fourth-order valence-corrected chi connectivity index (χ4v) is 8.49. The molecule has 0 saturated carbocycles. The normalized spacial score (nSPS) is 16.2. The van der Waals surface area contributed by atoms with Gasteiger partial charge in [-0.2, -0.15) is 0 Å². The van der Waals surface area contributed by atoms with E-state index in [1.165, 1.54) is 22.7 Å². The minimum Gasteiger partial charge on any atom is -0.476 e. The van der Waals surface area contributed by atoms with Crippen LogP contribution in [0.1, 0.15) is 33.8 Å².